The molecule has 34 heavy (non-hydrogen) atoms. The second-order valence-electron chi connectivity index (χ2n) is 7.79. The number of nitrogens with two attached hydrogens (primary N) is 1. The van der Waals surface area contributed by atoms with Gasteiger partial charge in [-0.3, -0.25) is 4.79 Å². The summed E-state index contributed by atoms with van der Waals surface area (Å²) in [6.07, 6.45) is -3.22. The van der Waals surface area contributed by atoms with E-state index in [-0.39, 0.29) is 12.1 Å². The molecule has 3 heterocycles. The maximum Gasteiger partial charge on any atom is 0.417 e. The second-order valence-corrected chi connectivity index (χ2v) is 8.20. The molecule has 2 aromatic carbocycles. The summed E-state index contributed by atoms with van der Waals surface area (Å²) in [4.78, 5) is 20.9. The lowest BCUT2D eigenvalue weighted by Gasteiger charge is -2.12. The minimum atomic E-state index is -4.62. The second kappa shape index (κ2) is 8.30. The largest absolute Gasteiger partial charge is 0.417 e. The third-order valence-corrected chi connectivity index (χ3v) is 5.91. The zero-order valence-electron chi connectivity index (χ0n) is 17.5. The van der Waals surface area contributed by atoms with Crippen molar-refractivity contribution in [3.05, 3.63) is 76.2 Å². The number of fused-ring (bicyclic) bond motifs is 3. The number of benzene rings is 2. The SMILES string of the molecule is Nc1ncnc2c3c(n(-c4ccc(CC(=O)Nc5ccc(Cl)c(C(F)(F)F)c5)cc4)c12)COC3. The summed E-state index contributed by atoms with van der Waals surface area (Å²) in [6.45, 7) is 0.852. The highest BCUT2D eigenvalue weighted by molar-refractivity contribution is 6.31. The van der Waals surface area contributed by atoms with E-state index in [0.717, 1.165) is 34.6 Å². The molecule has 1 aliphatic heterocycles. The van der Waals surface area contributed by atoms with Crippen LogP contribution < -0.4 is 11.1 Å². The fourth-order valence-corrected chi connectivity index (χ4v) is 4.28. The monoisotopic (exact) mass is 487 g/mol. The van der Waals surface area contributed by atoms with Gasteiger partial charge < -0.3 is 20.4 Å². The van der Waals surface area contributed by atoms with Crippen molar-refractivity contribution in [1.82, 2.24) is 14.5 Å². The minimum Gasteiger partial charge on any atom is -0.382 e. The van der Waals surface area contributed by atoms with Crippen LogP contribution in [0.15, 0.2) is 48.8 Å². The van der Waals surface area contributed by atoms with Crippen molar-refractivity contribution in [2.75, 3.05) is 11.1 Å². The first-order valence-electron chi connectivity index (χ1n) is 10.2. The fourth-order valence-electron chi connectivity index (χ4n) is 4.05. The molecule has 1 amide bonds. The number of rotatable bonds is 4. The number of carbonyl (C=O) groups is 1. The number of nitrogens with zero attached hydrogens (tertiary/aromatic N) is 3. The molecule has 0 aliphatic carbocycles. The molecule has 7 nitrogen and oxygen atoms in total. The molecule has 0 bridgehead atoms. The molecule has 5 rings (SSSR count). The smallest absolute Gasteiger partial charge is 0.382 e. The van der Waals surface area contributed by atoms with Gasteiger partial charge in [0.15, 0.2) is 5.82 Å². The van der Waals surface area contributed by atoms with Crippen molar-refractivity contribution in [3.8, 4) is 5.69 Å². The van der Waals surface area contributed by atoms with Crippen molar-refractivity contribution in [3.63, 3.8) is 0 Å². The molecule has 0 unspecified atom stereocenters. The minimum absolute atomic E-state index is 0.0168. The molecule has 3 N–H and O–H groups in total. The van der Waals surface area contributed by atoms with Gasteiger partial charge in [-0.15, -0.1) is 0 Å². The highest BCUT2D eigenvalue weighted by Gasteiger charge is 2.33. The van der Waals surface area contributed by atoms with E-state index < -0.39 is 22.7 Å². The van der Waals surface area contributed by atoms with Crippen molar-refractivity contribution in [2.24, 2.45) is 0 Å². The van der Waals surface area contributed by atoms with Crippen LogP contribution in [0.25, 0.3) is 16.7 Å². The van der Waals surface area contributed by atoms with Crippen LogP contribution in [0, 0.1) is 0 Å². The van der Waals surface area contributed by atoms with Gasteiger partial charge in [0.1, 0.15) is 17.4 Å². The molecule has 174 valence electrons. The van der Waals surface area contributed by atoms with Gasteiger partial charge in [0.05, 0.1) is 35.9 Å². The van der Waals surface area contributed by atoms with Crippen LogP contribution >= 0.6 is 11.6 Å². The summed E-state index contributed by atoms with van der Waals surface area (Å²) in [5.74, 6) is -0.106. The average molecular weight is 488 g/mol. The molecule has 0 spiro atoms. The highest BCUT2D eigenvalue weighted by Crippen LogP contribution is 2.37. The lowest BCUT2D eigenvalue weighted by Crippen LogP contribution is -2.15. The van der Waals surface area contributed by atoms with E-state index in [0.29, 0.717) is 30.1 Å². The van der Waals surface area contributed by atoms with Crippen molar-refractivity contribution in [1.29, 1.82) is 0 Å². The Bertz CT molecular complexity index is 1420. The zero-order valence-corrected chi connectivity index (χ0v) is 18.2. The number of alkyl halides is 3. The van der Waals surface area contributed by atoms with E-state index in [2.05, 4.69) is 15.3 Å². The van der Waals surface area contributed by atoms with Crippen molar-refractivity contribution < 1.29 is 22.7 Å². The Morgan fingerprint density at radius 1 is 1.15 bits per heavy atom. The quantitative estimate of drug-likeness (QED) is 0.427. The first kappa shape index (κ1) is 22.2. The number of amides is 1. The standard InChI is InChI=1S/C23H17ClF3N5O2/c24-17-6-3-13(8-16(17)23(25,26)27)31-19(33)7-12-1-4-14(5-2-12)32-18-10-34-9-15(18)20-21(32)22(28)30-11-29-20/h1-6,8,11H,7,9-10H2,(H,31,33)(H2,28,29,30). The maximum absolute atomic E-state index is 13.1. The van der Waals surface area contributed by atoms with Gasteiger partial charge in [0.2, 0.25) is 5.91 Å². The Labute approximate surface area is 196 Å². The number of anilines is 2. The van der Waals surface area contributed by atoms with Gasteiger partial charge in [-0.2, -0.15) is 13.2 Å². The molecule has 1 aliphatic rings. The number of hydrogen-bond donors (Lipinski definition) is 2. The summed E-state index contributed by atoms with van der Waals surface area (Å²) in [7, 11) is 0. The van der Waals surface area contributed by atoms with Gasteiger partial charge in [-0.1, -0.05) is 23.7 Å². The average Bonchev–Trinajstić information content (AvgIpc) is 3.37. The van der Waals surface area contributed by atoms with E-state index in [1.807, 2.05) is 16.7 Å². The lowest BCUT2D eigenvalue weighted by molar-refractivity contribution is -0.137. The van der Waals surface area contributed by atoms with E-state index in [4.69, 9.17) is 22.1 Å². The van der Waals surface area contributed by atoms with Crippen LogP contribution in [0.4, 0.5) is 24.7 Å². The predicted molar refractivity (Wildman–Crippen MR) is 121 cm³/mol. The van der Waals surface area contributed by atoms with Crippen LogP contribution in [0.3, 0.4) is 0 Å². The zero-order chi connectivity index (χ0) is 24.0. The Balaban J connectivity index is 1.37. The van der Waals surface area contributed by atoms with E-state index in [1.165, 1.54) is 12.4 Å². The van der Waals surface area contributed by atoms with Crippen LogP contribution in [-0.2, 0) is 35.3 Å². The van der Waals surface area contributed by atoms with Gasteiger partial charge in [0.25, 0.3) is 0 Å². The van der Waals surface area contributed by atoms with E-state index in [9.17, 15) is 18.0 Å². The third-order valence-electron chi connectivity index (χ3n) is 5.58. The maximum atomic E-state index is 13.1. The summed E-state index contributed by atoms with van der Waals surface area (Å²) in [5.41, 5.74) is 9.97. The molecule has 0 saturated carbocycles. The Kier molecular flexibility index (Phi) is 5.41. The summed E-state index contributed by atoms with van der Waals surface area (Å²) < 4.78 is 46.7. The molecular formula is C23H17ClF3N5O2. The molecular weight excluding hydrogens is 471 g/mol. The number of nitrogens with one attached hydrogen (secondary N) is 1. The van der Waals surface area contributed by atoms with Crippen LogP contribution in [-0.4, -0.2) is 20.4 Å². The Hall–Kier alpha value is -3.63. The summed E-state index contributed by atoms with van der Waals surface area (Å²) in [5, 5.41) is 2.06. The third kappa shape index (κ3) is 3.95. The first-order valence-corrected chi connectivity index (χ1v) is 10.6. The summed E-state index contributed by atoms with van der Waals surface area (Å²) >= 11 is 5.63. The highest BCUT2D eigenvalue weighted by atomic mass is 35.5. The molecule has 4 aromatic rings. The van der Waals surface area contributed by atoms with Gasteiger partial charge in [-0.05, 0) is 35.9 Å². The lowest BCUT2D eigenvalue weighted by atomic mass is 10.1. The van der Waals surface area contributed by atoms with Crippen LogP contribution in [0.1, 0.15) is 22.4 Å². The molecule has 0 fully saturated rings. The van der Waals surface area contributed by atoms with Crippen LogP contribution in [0.5, 0.6) is 0 Å². The van der Waals surface area contributed by atoms with Gasteiger partial charge >= 0.3 is 6.18 Å². The number of ether oxygens (including phenoxy) is 1. The molecule has 0 radical (unpaired) electrons. The Morgan fingerprint density at radius 2 is 1.91 bits per heavy atom. The molecule has 0 atom stereocenters. The van der Waals surface area contributed by atoms with Gasteiger partial charge in [0, 0.05) is 16.9 Å². The van der Waals surface area contributed by atoms with Crippen LogP contribution in [0.2, 0.25) is 5.02 Å². The van der Waals surface area contributed by atoms with Crippen molar-refractivity contribution in [2.45, 2.75) is 25.8 Å². The predicted octanol–water partition coefficient (Wildman–Crippen LogP) is 4.89. The molecule has 0 saturated heterocycles. The first-order chi connectivity index (χ1) is 16.2. The molecule has 11 heteroatoms. The number of aromatic nitrogens is 3. The molecule has 2 aromatic heterocycles. The van der Waals surface area contributed by atoms with Crippen molar-refractivity contribution >= 4 is 40.0 Å². The fraction of sp³-hybridized carbons (Fsp3) is 0.174. The normalized spacial score (nSPS) is 13.3. The summed E-state index contributed by atoms with van der Waals surface area (Å²) in [6, 6.07) is 10.4. The van der Waals surface area contributed by atoms with E-state index >= 15 is 0 Å². The number of hydrogen-bond acceptors (Lipinski definition) is 5. The van der Waals surface area contributed by atoms with E-state index in [1.54, 1.807) is 12.1 Å². The number of nitrogen functional groups attached to an aromatic ring is 1. The number of carbonyl (C=O) groups excluding carboxylic acids is 1. The number of halogens is 4. The van der Waals surface area contributed by atoms with Gasteiger partial charge in [-0.25, -0.2) is 9.97 Å². The topological polar surface area (TPSA) is 95.1 Å². The Morgan fingerprint density at radius 3 is 2.65 bits per heavy atom.